The van der Waals surface area contributed by atoms with E-state index in [2.05, 4.69) is 39.2 Å². The van der Waals surface area contributed by atoms with E-state index in [4.69, 9.17) is 4.74 Å². The zero-order valence-corrected chi connectivity index (χ0v) is 11.2. The number of aromatic nitrogens is 2. The number of nitrogens with zero attached hydrogens (tertiary/aromatic N) is 2. The van der Waals surface area contributed by atoms with Crippen LogP contribution in [0.2, 0.25) is 0 Å². The van der Waals surface area contributed by atoms with Crippen LogP contribution in [0.1, 0.15) is 31.1 Å². The fourth-order valence-electron chi connectivity index (χ4n) is 2.39. The van der Waals surface area contributed by atoms with Gasteiger partial charge in [0.1, 0.15) is 0 Å². The highest BCUT2D eigenvalue weighted by Crippen LogP contribution is 2.28. The second-order valence-electron chi connectivity index (χ2n) is 4.39. The van der Waals surface area contributed by atoms with Crippen LogP contribution in [0.4, 0.5) is 0 Å². The molecule has 0 saturated carbocycles. The molecule has 0 bridgehead atoms. The molecule has 0 amide bonds. The Hall–Kier alpha value is -0.870. The molecular weight excluding hydrogens is 280 g/mol. The van der Waals surface area contributed by atoms with Crippen molar-refractivity contribution in [1.29, 1.82) is 0 Å². The van der Waals surface area contributed by atoms with Crippen LogP contribution in [0, 0.1) is 0 Å². The Kier molecular flexibility index (Phi) is 3.16. The number of alkyl halides is 1. The minimum atomic E-state index is 0.117. The summed E-state index contributed by atoms with van der Waals surface area (Å²) < 4.78 is 7.82. The first kappa shape index (κ1) is 11.2. The van der Waals surface area contributed by atoms with Gasteiger partial charge in [0.15, 0.2) is 6.23 Å². The zero-order chi connectivity index (χ0) is 11.7. The standard InChI is InChI=1S/C13H15BrN2O/c14-8-10-4-3-5-12-11(10)9-15-16(12)13-6-1-2-7-17-13/h3-5,9,13H,1-2,6-8H2/t13-/m1/s1. The summed E-state index contributed by atoms with van der Waals surface area (Å²) in [5, 5.41) is 6.58. The Bertz CT molecular complexity index is 517. The summed E-state index contributed by atoms with van der Waals surface area (Å²) in [7, 11) is 0. The van der Waals surface area contributed by atoms with Gasteiger partial charge in [0.25, 0.3) is 0 Å². The molecule has 2 aromatic rings. The molecule has 1 aromatic carbocycles. The van der Waals surface area contributed by atoms with Gasteiger partial charge in [0, 0.05) is 17.3 Å². The summed E-state index contributed by atoms with van der Waals surface area (Å²) in [5.74, 6) is 0. The van der Waals surface area contributed by atoms with Crippen LogP contribution in [-0.4, -0.2) is 16.4 Å². The van der Waals surface area contributed by atoms with Crippen LogP contribution in [-0.2, 0) is 10.1 Å². The lowest BCUT2D eigenvalue weighted by Crippen LogP contribution is -2.18. The minimum Gasteiger partial charge on any atom is -0.356 e. The van der Waals surface area contributed by atoms with Crippen LogP contribution in [0.5, 0.6) is 0 Å². The van der Waals surface area contributed by atoms with Crippen LogP contribution in [0.25, 0.3) is 10.9 Å². The number of fused-ring (bicyclic) bond motifs is 1. The number of halogens is 1. The average molecular weight is 295 g/mol. The van der Waals surface area contributed by atoms with Gasteiger partial charge >= 0.3 is 0 Å². The molecule has 0 N–H and O–H groups in total. The van der Waals surface area contributed by atoms with Gasteiger partial charge in [0.2, 0.25) is 0 Å². The molecule has 4 heteroatoms. The second kappa shape index (κ2) is 4.78. The third-order valence-corrected chi connectivity index (χ3v) is 3.91. The van der Waals surface area contributed by atoms with Crippen molar-refractivity contribution >= 4 is 26.8 Å². The van der Waals surface area contributed by atoms with Gasteiger partial charge in [0.05, 0.1) is 11.7 Å². The molecule has 17 heavy (non-hydrogen) atoms. The van der Waals surface area contributed by atoms with E-state index in [9.17, 15) is 0 Å². The van der Waals surface area contributed by atoms with Crippen molar-refractivity contribution in [3.05, 3.63) is 30.0 Å². The van der Waals surface area contributed by atoms with Gasteiger partial charge < -0.3 is 4.74 Å². The maximum atomic E-state index is 5.79. The Morgan fingerprint density at radius 3 is 3.12 bits per heavy atom. The summed E-state index contributed by atoms with van der Waals surface area (Å²) in [5.41, 5.74) is 2.46. The molecule has 0 unspecified atom stereocenters. The third kappa shape index (κ3) is 2.00. The van der Waals surface area contributed by atoms with Crippen molar-refractivity contribution < 1.29 is 4.74 Å². The average Bonchev–Trinajstić information content (AvgIpc) is 2.83. The maximum Gasteiger partial charge on any atom is 0.150 e. The SMILES string of the molecule is BrCc1cccc2c1cnn2[C@H]1CCCCO1. The van der Waals surface area contributed by atoms with Crippen LogP contribution in [0.3, 0.4) is 0 Å². The van der Waals surface area contributed by atoms with Gasteiger partial charge in [-0.15, -0.1) is 0 Å². The molecule has 1 atom stereocenters. The smallest absolute Gasteiger partial charge is 0.150 e. The topological polar surface area (TPSA) is 27.1 Å². The van der Waals surface area contributed by atoms with E-state index in [1.165, 1.54) is 29.3 Å². The molecule has 1 aliphatic heterocycles. The predicted octanol–water partition coefficient (Wildman–Crippen LogP) is 3.63. The first-order valence-corrected chi connectivity index (χ1v) is 7.15. The number of rotatable bonds is 2. The molecule has 1 saturated heterocycles. The minimum absolute atomic E-state index is 0.117. The lowest BCUT2D eigenvalue weighted by atomic mass is 10.1. The molecule has 3 nitrogen and oxygen atoms in total. The molecule has 90 valence electrons. The van der Waals surface area contributed by atoms with Gasteiger partial charge in [-0.2, -0.15) is 5.10 Å². The van der Waals surface area contributed by atoms with Gasteiger partial charge in [-0.3, -0.25) is 0 Å². The first-order chi connectivity index (χ1) is 8.40. The van der Waals surface area contributed by atoms with Crippen molar-refractivity contribution in [3.8, 4) is 0 Å². The molecule has 1 aromatic heterocycles. The normalized spacial score (nSPS) is 20.9. The third-order valence-electron chi connectivity index (χ3n) is 3.30. The maximum absolute atomic E-state index is 5.79. The monoisotopic (exact) mass is 294 g/mol. The Morgan fingerprint density at radius 2 is 2.35 bits per heavy atom. The molecule has 0 spiro atoms. The predicted molar refractivity (Wildman–Crippen MR) is 71.2 cm³/mol. The largest absolute Gasteiger partial charge is 0.356 e. The molecule has 3 rings (SSSR count). The highest BCUT2D eigenvalue weighted by Gasteiger charge is 2.18. The van der Waals surface area contributed by atoms with E-state index < -0.39 is 0 Å². The van der Waals surface area contributed by atoms with E-state index in [0.717, 1.165) is 18.4 Å². The Morgan fingerprint density at radius 1 is 1.41 bits per heavy atom. The fourth-order valence-corrected chi connectivity index (χ4v) is 2.88. The molecule has 0 radical (unpaired) electrons. The highest BCUT2D eigenvalue weighted by molar-refractivity contribution is 9.08. The molecule has 0 aliphatic carbocycles. The summed E-state index contributed by atoms with van der Waals surface area (Å²) in [4.78, 5) is 0. The van der Waals surface area contributed by atoms with Gasteiger partial charge in [-0.1, -0.05) is 28.1 Å². The molecule has 1 aliphatic rings. The summed E-state index contributed by atoms with van der Waals surface area (Å²) in [6.07, 6.45) is 5.53. The number of hydrogen-bond acceptors (Lipinski definition) is 2. The van der Waals surface area contributed by atoms with Crippen LogP contribution < -0.4 is 0 Å². The lowest BCUT2D eigenvalue weighted by Gasteiger charge is -2.23. The number of hydrogen-bond donors (Lipinski definition) is 0. The first-order valence-electron chi connectivity index (χ1n) is 6.03. The van der Waals surface area contributed by atoms with Crippen molar-refractivity contribution in [2.45, 2.75) is 30.8 Å². The van der Waals surface area contributed by atoms with E-state index >= 15 is 0 Å². The van der Waals surface area contributed by atoms with E-state index in [-0.39, 0.29) is 6.23 Å². The van der Waals surface area contributed by atoms with Crippen molar-refractivity contribution in [2.24, 2.45) is 0 Å². The van der Waals surface area contributed by atoms with E-state index in [1.54, 1.807) is 0 Å². The summed E-state index contributed by atoms with van der Waals surface area (Å²) in [6.45, 7) is 0.851. The van der Waals surface area contributed by atoms with Crippen LogP contribution in [0.15, 0.2) is 24.4 Å². The van der Waals surface area contributed by atoms with E-state index in [0.29, 0.717) is 0 Å². The highest BCUT2D eigenvalue weighted by atomic mass is 79.9. The summed E-state index contributed by atoms with van der Waals surface area (Å²) in [6, 6.07) is 6.33. The second-order valence-corrected chi connectivity index (χ2v) is 4.95. The zero-order valence-electron chi connectivity index (χ0n) is 9.60. The van der Waals surface area contributed by atoms with E-state index in [1.807, 2.05) is 10.9 Å². The Balaban J connectivity index is 2.05. The van der Waals surface area contributed by atoms with Crippen molar-refractivity contribution in [2.75, 3.05) is 6.61 Å². The van der Waals surface area contributed by atoms with Gasteiger partial charge in [-0.25, -0.2) is 4.68 Å². The number of benzene rings is 1. The van der Waals surface area contributed by atoms with Gasteiger partial charge in [-0.05, 0) is 30.9 Å². The fraction of sp³-hybridized carbons (Fsp3) is 0.462. The number of ether oxygens (including phenoxy) is 1. The molecular formula is C13H15BrN2O. The van der Waals surface area contributed by atoms with Crippen molar-refractivity contribution in [1.82, 2.24) is 9.78 Å². The van der Waals surface area contributed by atoms with Crippen LogP contribution >= 0.6 is 15.9 Å². The quantitative estimate of drug-likeness (QED) is 0.791. The Labute approximate surface area is 109 Å². The summed E-state index contributed by atoms with van der Waals surface area (Å²) >= 11 is 3.52. The lowest BCUT2D eigenvalue weighted by molar-refractivity contribution is -0.0366. The molecule has 2 heterocycles. The molecule has 1 fully saturated rings. The van der Waals surface area contributed by atoms with Crippen molar-refractivity contribution in [3.63, 3.8) is 0 Å².